The molecular formula is C20H18FN5O2. The number of rotatable bonds is 6. The third-order valence-electron chi connectivity index (χ3n) is 3.75. The fraction of sp³-hybridized carbons (Fsp3) is 0.100. The van der Waals surface area contributed by atoms with Gasteiger partial charge in [-0.25, -0.2) is 14.4 Å². The highest BCUT2D eigenvalue weighted by molar-refractivity contribution is 6.03. The first-order chi connectivity index (χ1) is 13.5. The number of hydrogen-bond acceptors (Lipinski definition) is 5. The fourth-order valence-electron chi connectivity index (χ4n) is 2.42. The number of carbonyl (C=O) groups excluding carboxylic acids is 2. The van der Waals surface area contributed by atoms with Gasteiger partial charge in [0, 0.05) is 36.6 Å². The number of hydrogen-bond donors (Lipinski definition) is 3. The van der Waals surface area contributed by atoms with Crippen molar-refractivity contribution in [2.24, 2.45) is 0 Å². The van der Waals surface area contributed by atoms with Crippen LogP contribution in [-0.2, 0) is 11.3 Å². The van der Waals surface area contributed by atoms with Gasteiger partial charge < -0.3 is 16.0 Å². The van der Waals surface area contributed by atoms with Gasteiger partial charge in [0.15, 0.2) is 0 Å². The lowest BCUT2D eigenvalue weighted by Gasteiger charge is -2.09. The van der Waals surface area contributed by atoms with E-state index in [9.17, 15) is 14.0 Å². The third-order valence-corrected chi connectivity index (χ3v) is 3.75. The van der Waals surface area contributed by atoms with E-state index in [4.69, 9.17) is 0 Å². The van der Waals surface area contributed by atoms with E-state index in [0.717, 1.165) is 0 Å². The van der Waals surface area contributed by atoms with Gasteiger partial charge >= 0.3 is 0 Å². The van der Waals surface area contributed by atoms with Crippen molar-refractivity contribution in [1.82, 2.24) is 9.97 Å². The van der Waals surface area contributed by atoms with Crippen molar-refractivity contribution in [3.63, 3.8) is 0 Å². The van der Waals surface area contributed by atoms with Gasteiger partial charge in [-0.2, -0.15) is 0 Å². The third kappa shape index (κ3) is 5.10. The monoisotopic (exact) mass is 379 g/mol. The molecule has 0 saturated carbocycles. The van der Waals surface area contributed by atoms with Gasteiger partial charge in [-0.15, -0.1) is 0 Å². The van der Waals surface area contributed by atoms with Gasteiger partial charge in [0.05, 0.1) is 0 Å². The van der Waals surface area contributed by atoms with Crippen LogP contribution in [-0.4, -0.2) is 21.8 Å². The number of aromatic nitrogens is 2. The van der Waals surface area contributed by atoms with Gasteiger partial charge in [0.2, 0.25) is 11.9 Å². The van der Waals surface area contributed by atoms with Crippen LogP contribution in [0.25, 0.3) is 0 Å². The molecule has 1 heterocycles. The maximum absolute atomic E-state index is 13.7. The van der Waals surface area contributed by atoms with Crippen LogP contribution in [0.15, 0.2) is 60.8 Å². The first-order valence-electron chi connectivity index (χ1n) is 8.50. The molecule has 0 aliphatic carbocycles. The van der Waals surface area contributed by atoms with Gasteiger partial charge in [-0.1, -0.05) is 18.2 Å². The minimum Gasteiger partial charge on any atom is -0.350 e. The Bertz CT molecular complexity index is 992. The molecule has 0 atom stereocenters. The van der Waals surface area contributed by atoms with Gasteiger partial charge in [0.1, 0.15) is 11.5 Å². The number of benzene rings is 2. The minimum atomic E-state index is -0.413. The summed E-state index contributed by atoms with van der Waals surface area (Å²) in [6, 6.07) is 14.6. The Morgan fingerprint density at radius 2 is 1.64 bits per heavy atom. The molecule has 0 saturated heterocycles. The highest BCUT2D eigenvalue weighted by Gasteiger charge is 2.10. The molecule has 0 unspecified atom stereocenters. The molecule has 2 aromatic carbocycles. The molecule has 7 nitrogen and oxygen atoms in total. The van der Waals surface area contributed by atoms with Gasteiger partial charge in [-0.05, 0) is 36.4 Å². The zero-order valence-corrected chi connectivity index (χ0v) is 15.1. The molecule has 3 rings (SSSR count). The highest BCUT2D eigenvalue weighted by Crippen LogP contribution is 2.15. The van der Waals surface area contributed by atoms with Crippen LogP contribution in [0.5, 0.6) is 0 Å². The van der Waals surface area contributed by atoms with Crippen molar-refractivity contribution in [3.05, 3.63) is 77.9 Å². The maximum Gasteiger partial charge on any atom is 0.274 e. The van der Waals surface area contributed by atoms with Crippen LogP contribution >= 0.6 is 0 Å². The number of amides is 2. The quantitative estimate of drug-likeness (QED) is 0.610. The predicted molar refractivity (Wildman–Crippen MR) is 104 cm³/mol. The summed E-state index contributed by atoms with van der Waals surface area (Å²) in [6.45, 7) is 1.62. The summed E-state index contributed by atoms with van der Waals surface area (Å²) in [5.41, 5.74) is 1.82. The Balaban J connectivity index is 1.63. The smallest absolute Gasteiger partial charge is 0.274 e. The second-order valence-corrected chi connectivity index (χ2v) is 5.92. The number of carbonyl (C=O) groups is 2. The molecule has 0 aliphatic heterocycles. The van der Waals surface area contributed by atoms with Crippen molar-refractivity contribution in [3.8, 4) is 0 Å². The van der Waals surface area contributed by atoms with Crippen LogP contribution < -0.4 is 16.0 Å². The molecule has 0 radical (unpaired) electrons. The normalized spacial score (nSPS) is 10.2. The lowest BCUT2D eigenvalue weighted by molar-refractivity contribution is -0.114. The summed E-state index contributed by atoms with van der Waals surface area (Å²) in [7, 11) is 0. The lowest BCUT2D eigenvalue weighted by Crippen LogP contribution is -2.15. The van der Waals surface area contributed by atoms with E-state index in [0.29, 0.717) is 16.9 Å². The van der Waals surface area contributed by atoms with Crippen molar-refractivity contribution >= 4 is 29.1 Å². The van der Waals surface area contributed by atoms with E-state index < -0.39 is 5.91 Å². The Morgan fingerprint density at radius 1 is 0.964 bits per heavy atom. The average Bonchev–Trinajstić information content (AvgIpc) is 2.69. The number of nitrogens with one attached hydrogen (secondary N) is 3. The molecule has 0 fully saturated rings. The van der Waals surface area contributed by atoms with E-state index in [-0.39, 0.29) is 29.9 Å². The molecule has 1 aromatic heterocycles. The van der Waals surface area contributed by atoms with Crippen molar-refractivity contribution < 1.29 is 14.0 Å². The predicted octanol–water partition coefficient (Wildman–Crippen LogP) is 3.44. The van der Waals surface area contributed by atoms with Gasteiger partial charge in [-0.3, -0.25) is 9.59 Å². The first-order valence-corrected chi connectivity index (χ1v) is 8.50. The number of anilines is 3. The average molecular weight is 379 g/mol. The molecule has 0 bridgehead atoms. The molecule has 0 aliphatic rings. The zero-order valence-electron chi connectivity index (χ0n) is 15.1. The van der Waals surface area contributed by atoms with Crippen LogP contribution in [0.4, 0.5) is 21.7 Å². The van der Waals surface area contributed by atoms with E-state index in [1.54, 1.807) is 42.5 Å². The standard InChI is InChI=1S/C20H18FN5O2/c1-13(27)24-15-6-8-16(9-7-15)25-19(28)18-10-11-22-20(26-18)23-12-14-4-2-3-5-17(14)21/h2-11H,12H2,1H3,(H,24,27)(H,25,28)(H,22,23,26). The Kier molecular flexibility index (Phi) is 5.91. The Hall–Kier alpha value is -3.81. The SMILES string of the molecule is CC(=O)Nc1ccc(NC(=O)c2ccnc(NCc3ccccc3F)n2)cc1. The zero-order chi connectivity index (χ0) is 19.9. The largest absolute Gasteiger partial charge is 0.350 e. The van der Waals surface area contributed by atoms with E-state index in [1.807, 2.05) is 0 Å². The molecular weight excluding hydrogens is 361 g/mol. The number of nitrogens with zero attached hydrogens (tertiary/aromatic N) is 2. The van der Waals surface area contributed by atoms with Crippen molar-refractivity contribution in [2.45, 2.75) is 13.5 Å². The number of halogens is 1. The summed E-state index contributed by atoms with van der Waals surface area (Å²) in [5.74, 6) is -0.694. The van der Waals surface area contributed by atoms with Crippen molar-refractivity contribution in [2.75, 3.05) is 16.0 Å². The molecule has 2 amide bonds. The second kappa shape index (κ2) is 8.72. The first kappa shape index (κ1) is 19.0. The highest BCUT2D eigenvalue weighted by atomic mass is 19.1. The van der Waals surface area contributed by atoms with Crippen LogP contribution in [0, 0.1) is 5.82 Å². The van der Waals surface area contributed by atoms with E-state index in [1.165, 1.54) is 25.3 Å². The summed E-state index contributed by atoms with van der Waals surface area (Å²) >= 11 is 0. The van der Waals surface area contributed by atoms with Gasteiger partial charge in [0.25, 0.3) is 5.91 Å². The fourth-order valence-corrected chi connectivity index (χ4v) is 2.42. The Labute approximate surface area is 161 Å². The maximum atomic E-state index is 13.7. The summed E-state index contributed by atoms with van der Waals surface area (Å²) in [5, 5.41) is 8.27. The minimum absolute atomic E-state index is 0.164. The second-order valence-electron chi connectivity index (χ2n) is 5.92. The molecule has 3 aromatic rings. The van der Waals surface area contributed by atoms with E-state index in [2.05, 4.69) is 25.9 Å². The van der Waals surface area contributed by atoms with Crippen molar-refractivity contribution in [1.29, 1.82) is 0 Å². The molecule has 0 spiro atoms. The van der Waals surface area contributed by atoms with E-state index >= 15 is 0 Å². The lowest BCUT2D eigenvalue weighted by atomic mass is 10.2. The topological polar surface area (TPSA) is 96.0 Å². The molecule has 28 heavy (non-hydrogen) atoms. The Morgan fingerprint density at radius 3 is 2.32 bits per heavy atom. The van der Waals surface area contributed by atoms with Crippen LogP contribution in [0.1, 0.15) is 23.0 Å². The molecule has 142 valence electrons. The molecule has 3 N–H and O–H groups in total. The van der Waals surface area contributed by atoms with Crippen LogP contribution in [0.2, 0.25) is 0 Å². The van der Waals surface area contributed by atoms with Crippen LogP contribution in [0.3, 0.4) is 0 Å². The summed E-state index contributed by atoms with van der Waals surface area (Å²) in [6.07, 6.45) is 1.45. The molecule has 8 heteroatoms. The summed E-state index contributed by atoms with van der Waals surface area (Å²) in [4.78, 5) is 31.6. The summed E-state index contributed by atoms with van der Waals surface area (Å²) < 4.78 is 13.7.